The molecule has 0 bridgehead atoms. The van der Waals surface area contributed by atoms with E-state index in [2.05, 4.69) is 55.8 Å². The molecule has 3 heteroatoms. The number of hydrogen-bond acceptors (Lipinski definition) is 2. The van der Waals surface area contributed by atoms with Crippen molar-refractivity contribution in [2.75, 3.05) is 7.11 Å². The lowest BCUT2D eigenvalue weighted by Crippen LogP contribution is -2.33. The molecule has 2 aromatic carbocycles. The number of halogens is 1. The number of benzene rings is 2. The summed E-state index contributed by atoms with van der Waals surface area (Å²) < 4.78 is 12.4. The summed E-state index contributed by atoms with van der Waals surface area (Å²) in [6, 6.07) is 12.5. The van der Waals surface area contributed by atoms with Gasteiger partial charge in [0.15, 0.2) is 0 Å². The van der Waals surface area contributed by atoms with Crippen LogP contribution in [0.3, 0.4) is 0 Å². The van der Waals surface area contributed by atoms with Crippen LogP contribution in [0, 0.1) is 0 Å². The Morgan fingerprint density at radius 3 is 2.04 bits per heavy atom. The molecule has 2 nitrogen and oxygen atoms in total. The Kier molecular flexibility index (Phi) is 4.89. The maximum Gasteiger partial charge on any atom is 0.134 e. The molecular formula is C22H27BrO2. The summed E-state index contributed by atoms with van der Waals surface area (Å²) in [4.78, 5) is 0. The third kappa shape index (κ3) is 3.72. The lowest BCUT2D eigenvalue weighted by molar-refractivity contribution is 0.296. The fraction of sp³-hybridized carbons (Fsp3) is 0.455. The molecule has 3 rings (SSSR count). The highest BCUT2D eigenvalue weighted by molar-refractivity contribution is 9.10. The lowest BCUT2D eigenvalue weighted by atomic mass is 9.63. The number of ether oxygens (including phenoxy) is 2. The highest BCUT2D eigenvalue weighted by Crippen LogP contribution is 2.48. The minimum absolute atomic E-state index is 0.184. The largest absolute Gasteiger partial charge is 0.497 e. The minimum Gasteiger partial charge on any atom is -0.497 e. The molecule has 1 aliphatic carbocycles. The van der Waals surface area contributed by atoms with Crippen LogP contribution in [0.25, 0.3) is 0 Å². The molecule has 0 unspecified atom stereocenters. The molecule has 134 valence electrons. The molecule has 2 aromatic rings. The molecule has 1 aliphatic rings. The van der Waals surface area contributed by atoms with Crippen LogP contribution in [-0.2, 0) is 17.4 Å². The van der Waals surface area contributed by atoms with Crippen LogP contribution < -0.4 is 9.47 Å². The maximum atomic E-state index is 6.14. The first-order chi connectivity index (χ1) is 11.7. The second-order valence-electron chi connectivity index (χ2n) is 8.23. The number of methoxy groups -OCH3 is 1. The molecule has 0 spiro atoms. The van der Waals surface area contributed by atoms with Crippen LogP contribution in [0.15, 0.2) is 40.9 Å². The summed E-state index contributed by atoms with van der Waals surface area (Å²) >= 11 is 3.72. The molecule has 0 aliphatic heterocycles. The third-order valence-corrected chi connectivity index (χ3v) is 6.08. The summed E-state index contributed by atoms with van der Waals surface area (Å²) in [6.07, 6.45) is 2.41. The Morgan fingerprint density at radius 1 is 0.920 bits per heavy atom. The van der Waals surface area contributed by atoms with Crippen LogP contribution in [0.2, 0.25) is 0 Å². The van der Waals surface area contributed by atoms with Gasteiger partial charge in [0.1, 0.15) is 18.1 Å². The van der Waals surface area contributed by atoms with Gasteiger partial charge < -0.3 is 9.47 Å². The van der Waals surface area contributed by atoms with Crippen LogP contribution >= 0.6 is 15.9 Å². The zero-order chi connectivity index (χ0) is 18.2. The fourth-order valence-corrected chi connectivity index (χ4v) is 4.02. The summed E-state index contributed by atoms with van der Waals surface area (Å²) in [5, 5.41) is 0. The van der Waals surface area contributed by atoms with Gasteiger partial charge in [-0.05, 0) is 80.6 Å². The predicted molar refractivity (Wildman–Crippen MR) is 107 cm³/mol. The van der Waals surface area contributed by atoms with Crippen LogP contribution in [0.4, 0.5) is 0 Å². The van der Waals surface area contributed by atoms with E-state index in [1.54, 1.807) is 7.11 Å². The number of hydrogen-bond donors (Lipinski definition) is 0. The van der Waals surface area contributed by atoms with E-state index >= 15 is 0 Å². The molecule has 0 fully saturated rings. The summed E-state index contributed by atoms with van der Waals surface area (Å²) in [5.41, 5.74) is 4.38. The molecule has 0 atom stereocenters. The normalized spacial score (nSPS) is 17.7. The van der Waals surface area contributed by atoms with Gasteiger partial charge in [-0.1, -0.05) is 39.8 Å². The average molecular weight is 403 g/mol. The first kappa shape index (κ1) is 18.3. The molecule has 0 saturated heterocycles. The number of rotatable bonds is 4. The van der Waals surface area contributed by atoms with Gasteiger partial charge in [-0.2, -0.15) is 0 Å². The van der Waals surface area contributed by atoms with Crippen molar-refractivity contribution in [3.8, 4) is 11.5 Å². The van der Waals surface area contributed by atoms with Gasteiger partial charge >= 0.3 is 0 Å². The maximum absolute atomic E-state index is 6.14. The Balaban J connectivity index is 1.87. The van der Waals surface area contributed by atoms with Crippen molar-refractivity contribution in [1.29, 1.82) is 0 Å². The zero-order valence-corrected chi connectivity index (χ0v) is 17.4. The van der Waals surface area contributed by atoms with E-state index in [1.165, 1.54) is 24.0 Å². The van der Waals surface area contributed by atoms with Gasteiger partial charge in [-0.25, -0.2) is 0 Å². The summed E-state index contributed by atoms with van der Waals surface area (Å²) in [5.74, 6) is 1.78. The van der Waals surface area contributed by atoms with Gasteiger partial charge in [-0.3, -0.25) is 0 Å². The van der Waals surface area contributed by atoms with Crippen LogP contribution in [0.5, 0.6) is 11.5 Å². The van der Waals surface area contributed by atoms with E-state index in [4.69, 9.17) is 9.47 Å². The predicted octanol–water partition coefficient (Wildman–Crippen LogP) is 6.39. The second kappa shape index (κ2) is 6.68. The molecule has 0 aromatic heterocycles. The Labute approximate surface area is 159 Å². The minimum atomic E-state index is 0.184. The quantitative estimate of drug-likeness (QED) is 0.589. The van der Waals surface area contributed by atoms with Crippen molar-refractivity contribution >= 4 is 15.9 Å². The Morgan fingerprint density at radius 2 is 1.48 bits per heavy atom. The standard InChI is InChI=1S/C22H27BrO2/c1-21(2)10-11-22(3,4)18-13-20(19(23)12-17(18)21)25-14-15-6-8-16(24-5)9-7-15/h6-9,12-13H,10-11,14H2,1-5H3. The van der Waals surface area contributed by atoms with E-state index in [0.717, 1.165) is 21.5 Å². The van der Waals surface area contributed by atoms with Crippen LogP contribution in [-0.4, -0.2) is 7.11 Å². The molecule has 25 heavy (non-hydrogen) atoms. The van der Waals surface area contributed by atoms with Gasteiger partial charge in [0.05, 0.1) is 11.6 Å². The van der Waals surface area contributed by atoms with Crippen molar-refractivity contribution in [1.82, 2.24) is 0 Å². The van der Waals surface area contributed by atoms with Crippen LogP contribution in [0.1, 0.15) is 57.2 Å². The van der Waals surface area contributed by atoms with E-state index in [9.17, 15) is 0 Å². The van der Waals surface area contributed by atoms with Crippen molar-refractivity contribution in [3.05, 3.63) is 57.6 Å². The smallest absolute Gasteiger partial charge is 0.134 e. The summed E-state index contributed by atoms with van der Waals surface area (Å²) in [7, 11) is 1.68. The SMILES string of the molecule is COc1ccc(COc2cc3c(cc2Br)C(C)(C)CCC3(C)C)cc1. The molecule has 0 amide bonds. The highest BCUT2D eigenvalue weighted by Gasteiger charge is 2.37. The van der Waals surface area contributed by atoms with E-state index in [0.29, 0.717) is 6.61 Å². The second-order valence-corrected chi connectivity index (χ2v) is 9.09. The fourth-order valence-electron chi connectivity index (χ4n) is 3.56. The average Bonchev–Trinajstić information content (AvgIpc) is 2.58. The molecule has 0 N–H and O–H groups in total. The first-order valence-corrected chi connectivity index (χ1v) is 9.62. The Hall–Kier alpha value is -1.48. The van der Waals surface area contributed by atoms with Crippen molar-refractivity contribution in [2.24, 2.45) is 0 Å². The van der Waals surface area contributed by atoms with Crippen molar-refractivity contribution in [2.45, 2.75) is 58.0 Å². The van der Waals surface area contributed by atoms with Crippen molar-refractivity contribution in [3.63, 3.8) is 0 Å². The molecular weight excluding hydrogens is 376 g/mol. The third-order valence-electron chi connectivity index (χ3n) is 5.46. The van der Waals surface area contributed by atoms with E-state index in [1.807, 2.05) is 24.3 Å². The first-order valence-electron chi connectivity index (χ1n) is 8.83. The Bertz CT molecular complexity index is 760. The molecule has 0 saturated carbocycles. The van der Waals surface area contributed by atoms with Gasteiger partial charge in [-0.15, -0.1) is 0 Å². The van der Waals surface area contributed by atoms with Crippen molar-refractivity contribution < 1.29 is 9.47 Å². The topological polar surface area (TPSA) is 18.5 Å². The van der Waals surface area contributed by atoms with Gasteiger partial charge in [0, 0.05) is 0 Å². The summed E-state index contributed by atoms with van der Waals surface area (Å²) in [6.45, 7) is 9.90. The highest BCUT2D eigenvalue weighted by atomic mass is 79.9. The van der Waals surface area contributed by atoms with E-state index < -0.39 is 0 Å². The lowest BCUT2D eigenvalue weighted by Gasteiger charge is -2.42. The zero-order valence-electron chi connectivity index (χ0n) is 15.8. The molecule has 0 heterocycles. The van der Waals surface area contributed by atoms with Gasteiger partial charge in [0.25, 0.3) is 0 Å². The number of fused-ring (bicyclic) bond motifs is 1. The van der Waals surface area contributed by atoms with E-state index in [-0.39, 0.29) is 10.8 Å². The van der Waals surface area contributed by atoms with Gasteiger partial charge in [0.2, 0.25) is 0 Å². The molecule has 0 radical (unpaired) electrons. The monoisotopic (exact) mass is 402 g/mol.